The Morgan fingerprint density at radius 2 is 1.96 bits per heavy atom. The Kier molecular flexibility index (Phi) is 5.11. The summed E-state index contributed by atoms with van der Waals surface area (Å²) >= 11 is 6.26. The second-order valence-electron chi connectivity index (χ2n) is 5.24. The number of aromatic nitrogens is 2. The molecule has 1 heterocycles. The van der Waals surface area contributed by atoms with Crippen molar-refractivity contribution in [2.45, 2.75) is 18.3 Å². The minimum absolute atomic E-state index is 0.224. The van der Waals surface area contributed by atoms with Gasteiger partial charge in [-0.2, -0.15) is 0 Å². The zero-order chi connectivity index (χ0) is 16.9. The summed E-state index contributed by atoms with van der Waals surface area (Å²) < 4.78 is 35.0. The van der Waals surface area contributed by atoms with Crippen molar-refractivity contribution in [3.05, 3.63) is 84.2 Å². The minimum atomic E-state index is -1.54. The van der Waals surface area contributed by atoms with Crippen LogP contribution in [0, 0.1) is 5.82 Å². The second kappa shape index (κ2) is 7.45. The fourth-order valence-electron chi connectivity index (χ4n) is 2.31. The van der Waals surface area contributed by atoms with E-state index < -0.39 is 17.5 Å². The molecule has 0 bridgehead atoms. The average Bonchev–Trinajstić information content (AvgIpc) is 3.14. The van der Waals surface area contributed by atoms with Gasteiger partial charge in [0.25, 0.3) is 0 Å². The Morgan fingerprint density at radius 3 is 2.67 bits per heavy atom. The number of benzene rings is 2. The van der Waals surface area contributed by atoms with Crippen molar-refractivity contribution in [3.63, 3.8) is 0 Å². The van der Waals surface area contributed by atoms with E-state index in [-0.39, 0.29) is 12.4 Å². The van der Waals surface area contributed by atoms with Gasteiger partial charge < -0.3 is 9.30 Å². The van der Waals surface area contributed by atoms with Crippen molar-refractivity contribution in [2.24, 2.45) is 0 Å². The summed E-state index contributed by atoms with van der Waals surface area (Å²) in [5, 5.41) is -1.04. The van der Waals surface area contributed by atoms with Gasteiger partial charge >= 0.3 is 0 Å². The lowest BCUT2D eigenvalue weighted by molar-refractivity contribution is 0.226. The van der Waals surface area contributed by atoms with Crippen molar-refractivity contribution in [2.75, 3.05) is 0 Å². The second-order valence-corrected chi connectivity index (χ2v) is 5.71. The van der Waals surface area contributed by atoms with Gasteiger partial charge in [0.15, 0.2) is 6.30 Å². The van der Waals surface area contributed by atoms with Crippen LogP contribution in [0.3, 0.4) is 0 Å². The third-order valence-corrected chi connectivity index (χ3v) is 4.00. The molecule has 0 aliphatic rings. The van der Waals surface area contributed by atoms with E-state index in [1.54, 1.807) is 0 Å². The molecular formula is C18H15ClF2N2O. The van der Waals surface area contributed by atoms with Gasteiger partial charge in [-0.15, -0.1) is 11.6 Å². The summed E-state index contributed by atoms with van der Waals surface area (Å²) in [7, 11) is 0. The first-order valence-corrected chi connectivity index (χ1v) is 7.80. The topological polar surface area (TPSA) is 27.1 Å². The lowest BCUT2D eigenvalue weighted by Crippen LogP contribution is -2.10. The highest BCUT2D eigenvalue weighted by Gasteiger charge is 2.25. The van der Waals surface area contributed by atoms with E-state index in [1.807, 2.05) is 30.3 Å². The van der Waals surface area contributed by atoms with Crippen LogP contribution in [0.15, 0.2) is 67.3 Å². The number of halogens is 3. The van der Waals surface area contributed by atoms with E-state index in [9.17, 15) is 8.78 Å². The molecule has 0 amide bonds. The summed E-state index contributed by atoms with van der Waals surface area (Å²) in [5.41, 5.74) is 1.31. The van der Waals surface area contributed by atoms with Crippen molar-refractivity contribution in [1.82, 2.24) is 9.55 Å². The van der Waals surface area contributed by atoms with E-state index in [0.29, 0.717) is 5.56 Å². The molecule has 0 saturated heterocycles. The predicted octanol–water partition coefficient (Wildman–Crippen LogP) is 5.05. The molecule has 0 aliphatic heterocycles. The quantitative estimate of drug-likeness (QED) is 0.583. The highest BCUT2D eigenvalue weighted by molar-refractivity contribution is 6.21. The third-order valence-electron chi connectivity index (χ3n) is 3.56. The molecule has 6 heteroatoms. The van der Waals surface area contributed by atoms with E-state index in [2.05, 4.69) is 4.98 Å². The fraction of sp³-hybridized carbons (Fsp3) is 0.167. The van der Waals surface area contributed by atoms with Crippen LogP contribution in [0.25, 0.3) is 0 Å². The minimum Gasteiger partial charge on any atom is -0.488 e. The molecule has 0 saturated carbocycles. The maximum atomic E-state index is 14.5. The summed E-state index contributed by atoms with van der Waals surface area (Å²) in [6.45, 7) is 0.239. The largest absolute Gasteiger partial charge is 0.488 e. The Bertz CT molecular complexity index is 781. The Balaban J connectivity index is 1.82. The molecule has 0 spiro atoms. The number of alkyl halides is 2. The van der Waals surface area contributed by atoms with E-state index >= 15 is 0 Å². The molecule has 24 heavy (non-hydrogen) atoms. The lowest BCUT2D eigenvalue weighted by atomic mass is 10.1. The van der Waals surface area contributed by atoms with Crippen LogP contribution in [0.2, 0.25) is 0 Å². The third kappa shape index (κ3) is 3.74. The molecule has 3 nitrogen and oxygen atoms in total. The number of imidazole rings is 1. The molecule has 0 radical (unpaired) electrons. The summed E-state index contributed by atoms with van der Waals surface area (Å²) in [6.07, 6.45) is 2.74. The SMILES string of the molecule is Fc1ccc(C(Cl)C(F)n2ccnc2)c(OCc2ccccc2)c1. The van der Waals surface area contributed by atoms with E-state index in [1.165, 1.54) is 41.5 Å². The van der Waals surface area contributed by atoms with Gasteiger partial charge in [0.1, 0.15) is 23.6 Å². The molecule has 0 N–H and O–H groups in total. The summed E-state index contributed by atoms with van der Waals surface area (Å²) in [4.78, 5) is 3.80. The Morgan fingerprint density at radius 1 is 1.17 bits per heavy atom. The smallest absolute Gasteiger partial charge is 0.197 e. The van der Waals surface area contributed by atoms with E-state index in [0.717, 1.165) is 5.56 Å². The van der Waals surface area contributed by atoms with Gasteiger partial charge in [-0.3, -0.25) is 0 Å². The number of hydrogen-bond acceptors (Lipinski definition) is 2. The monoisotopic (exact) mass is 348 g/mol. The van der Waals surface area contributed by atoms with Crippen LogP contribution in [-0.2, 0) is 6.61 Å². The molecule has 124 valence electrons. The van der Waals surface area contributed by atoms with Crippen LogP contribution in [0.1, 0.15) is 22.8 Å². The first-order valence-electron chi connectivity index (χ1n) is 7.37. The summed E-state index contributed by atoms with van der Waals surface area (Å²) in [6, 6.07) is 13.3. The van der Waals surface area contributed by atoms with Crippen molar-refractivity contribution < 1.29 is 13.5 Å². The summed E-state index contributed by atoms with van der Waals surface area (Å²) in [5.74, 6) is -0.245. The van der Waals surface area contributed by atoms with Crippen LogP contribution in [0.5, 0.6) is 5.75 Å². The maximum Gasteiger partial charge on any atom is 0.197 e. The van der Waals surface area contributed by atoms with Gasteiger partial charge in [-0.05, 0) is 11.6 Å². The molecule has 1 aromatic heterocycles. The first-order chi connectivity index (χ1) is 11.6. The molecule has 3 rings (SSSR count). The van der Waals surface area contributed by atoms with Gasteiger partial charge in [0, 0.05) is 24.0 Å². The van der Waals surface area contributed by atoms with Gasteiger partial charge in [-0.1, -0.05) is 36.4 Å². The van der Waals surface area contributed by atoms with Gasteiger partial charge in [0.2, 0.25) is 0 Å². The molecule has 2 atom stereocenters. The predicted molar refractivity (Wildman–Crippen MR) is 88.1 cm³/mol. The molecule has 2 aromatic carbocycles. The van der Waals surface area contributed by atoms with Crippen LogP contribution in [0.4, 0.5) is 8.78 Å². The zero-order valence-corrected chi connectivity index (χ0v) is 13.4. The highest BCUT2D eigenvalue weighted by Crippen LogP contribution is 2.39. The zero-order valence-electron chi connectivity index (χ0n) is 12.6. The first kappa shape index (κ1) is 16.5. The molecule has 3 aromatic rings. The normalized spacial score (nSPS) is 13.5. The van der Waals surface area contributed by atoms with Gasteiger partial charge in [-0.25, -0.2) is 13.8 Å². The Labute approximate surface area is 143 Å². The van der Waals surface area contributed by atoms with Gasteiger partial charge in [0.05, 0.1) is 6.33 Å². The standard InChI is InChI=1S/C18H15ClF2N2O/c19-17(18(21)23-9-8-22-12-23)15-7-6-14(20)10-16(15)24-11-13-4-2-1-3-5-13/h1-10,12,17-18H,11H2. The molecule has 2 unspecified atom stereocenters. The van der Waals surface area contributed by atoms with Crippen molar-refractivity contribution in [3.8, 4) is 5.75 Å². The lowest BCUT2D eigenvalue weighted by Gasteiger charge is -2.19. The van der Waals surface area contributed by atoms with Crippen molar-refractivity contribution in [1.29, 1.82) is 0 Å². The average molecular weight is 349 g/mol. The number of nitrogens with zero attached hydrogens (tertiary/aromatic N) is 2. The number of rotatable bonds is 6. The van der Waals surface area contributed by atoms with Crippen LogP contribution in [-0.4, -0.2) is 9.55 Å². The maximum absolute atomic E-state index is 14.5. The molecular weight excluding hydrogens is 334 g/mol. The highest BCUT2D eigenvalue weighted by atomic mass is 35.5. The molecule has 0 aliphatic carbocycles. The van der Waals surface area contributed by atoms with Crippen molar-refractivity contribution >= 4 is 11.6 Å². The number of ether oxygens (including phenoxy) is 1. The Hall–Kier alpha value is -2.40. The fourth-order valence-corrected chi connectivity index (χ4v) is 2.62. The molecule has 0 fully saturated rings. The number of hydrogen-bond donors (Lipinski definition) is 0. The van der Waals surface area contributed by atoms with Crippen LogP contribution >= 0.6 is 11.6 Å². The van der Waals surface area contributed by atoms with E-state index in [4.69, 9.17) is 16.3 Å². The van der Waals surface area contributed by atoms with Crippen LogP contribution < -0.4 is 4.74 Å².